The first-order valence-electron chi connectivity index (χ1n) is 11.2. The van der Waals surface area contributed by atoms with Crippen LogP contribution >= 0.6 is 11.6 Å². The number of benzene rings is 3. The fourth-order valence-electron chi connectivity index (χ4n) is 3.48. The van der Waals surface area contributed by atoms with Crippen LogP contribution in [-0.4, -0.2) is 17.5 Å². The van der Waals surface area contributed by atoms with Gasteiger partial charge in [0.2, 0.25) is 5.89 Å². The Morgan fingerprint density at radius 2 is 1.88 bits per heavy atom. The Morgan fingerprint density at radius 3 is 2.61 bits per heavy atom. The molecule has 1 aromatic heterocycles. The van der Waals surface area contributed by atoms with Gasteiger partial charge in [-0.3, -0.25) is 4.79 Å². The third kappa shape index (κ3) is 5.20. The van der Waals surface area contributed by atoms with Gasteiger partial charge in [-0.15, -0.1) is 0 Å². The van der Waals surface area contributed by atoms with E-state index < -0.39 is 0 Å². The minimum absolute atomic E-state index is 0.258. The summed E-state index contributed by atoms with van der Waals surface area (Å²) in [6, 6.07) is 18.5. The molecule has 1 N–H and O–H groups in total. The SMILES string of the molecule is CCCOc1ccc(C(=O)Nc2cc(-c3nc4cc([C@H](C)CC)ccc4o3)ccc2Cl)cc1. The molecule has 5 nitrogen and oxygen atoms in total. The van der Waals surface area contributed by atoms with E-state index in [9.17, 15) is 4.79 Å². The molecule has 0 fully saturated rings. The highest BCUT2D eigenvalue weighted by Gasteiger charge is 2.14. The minimum atomic E-state index is -0.258. The van der Waals surface area contributed by atoms with E-state index in [1.54, 1.807) is 36.4 Å². The number of amides is 1. The van der Waals surface area contributed by atoms with Gasteiger partial charge in [-0.25, -0.2) is 4.98 Å². The van der Waals surface area contributed by atoms with Crippen molar-refractivity contribution in [3.8, 4) is 17.2 Å². The molecule has 0 spiro atoms. The molecule has 0 saturated carbocycles. The first kappa shape index (κ1) is 22.9. The number of hydrogen-bond acceptors (Lipinski definition) is 4. The van der Waals surface area contributed by atoms with Crippen molar-refractivity contribution in [1.82, 2.24) is 4.98 Å². The monoisotopic (exact) mass is 462 g/mol. The third-order valence-corrected chi connectivity index (χ3v) is 5.97. The summed E-state index contributed by atoms with van der Waals surface area (Å²) >= 11 is 6.36. The van der Waals surface area contributed by atoms with Crippen molar-refractivity contribution in [1.29, 1.82) is 0 Å². The Hall–Kier alpha value is -3.31. The average molecular weight is 463 g/mol. The summed E-state index contributed by atoms with van der Waals surface area (Å²) in [7, 11) is 0. The molecule has 0 saturated heterocycles. The van der Waals surface area contributed by atoms with Crippen molar-refractivity contribution in [3.05, 3.63) is 76.8 Å². The maximum atomic E-state index is 12.8. The lowest BCUT2D eigenvalue weighted by Crippen LogP contribution is -2.12. The van der Waals surface area contributed by atoms with Gasteiger partial charge in [-0.2, -0.15) is 0 Å². The van der Waals surface area contributed by atoms with Crippen molar-refractivity contribution in [3.63, 3.8) is 0 Å². The standard InChI is InChI=1S/C27H27ClN2O3/c1-4-14-32-21-10-6-18(7-11-21)26(31)29-23-16-20(8-12-22(23)28)27-30-24-15-19(17(3)5-2)9-13-25(24)33-27/h6-13,15-17H,4-5,14H2,1-3H3,(H,29,31)/t17-/m1/s1. The van der Waals surface area contributed by atoms with Crippen LogP contribution in [0.15, 0.2) is 65.1 Å². The number of fused-ring (bicyclic) bond motifs is 1. The molecule has 0 bridgehead atoms. The lowest BCUT2D eigenvalue weighted by molar-refractivity contribution is 0.102. The highest BCUT2D eigenvalue weighted by Crippen LogP contribution is 2.32. The predicted molar refractivity (Wildman–Crippen MR) is 133 cm³/mol. The molecule has 6 heteroatoms. The van der Waals surface area contributed by atoms with Crippen LogP contribution in [0.3, 0.4) is 0 Å². The highest BCUT2D eigenvalue weighted by molar-refractivity contribution is 6.34. The number of carbonyl (C=O) groups is 1. The molecule has 33 heavy (non-hydrogen) atoms. The van der Waals surface area contributed by atoms with Crippen molar-refractivity contribution in [2.45, 2.75) is 39.5 Å². The van der Waals surface area contributed by atoms with Gasteiger partial charge >= 0.3 is 0 Å². The summed E-state index contributed by atoms with van der Waals surface area (Å²) in [4.78, 5) is 17.4. The van der Waals surface area contributed by atoms with E-state index in [4.69, 9.17) is 20.8 Å². The maximum absolute atomic E-state index is 12.8. The molecule has 4 rings (SSSR count). The van der Waals surface area contributed by atoms with Crippen LogP contribution < -0.4 is 10.1 Å². The molecule has 1 amide bonds. The molecule has 0 unspecified atom stereocenters. The second kappa shape index (κ2) is 10.1. The van der Waals surface area contributed by atoms with Crippen molar-refractivity contribution in [2.24, 2.45) is 0 Å². The van der Waals surface area contributed by atoms with Crippen molar-refractivity contribution >= 4 is 34.3 Å². The summed E-state index contributed by atoms with van der Waals surface area (Å²) in [6.07, 6.45) is 1.99. The topological polar surface area (TPSA) is 64.4 Å². The van der Waals surface area contributed by atoms with E-state index in [2.05, 4.69) is 36.3 Å². The van der Waals surface area contributed by atoms with Crippen LogP contribution in [0.5, 0.6) is 5.75 Å². The summed E-state index contributed by atoms with van der Waals surface area (Å²) in [5.41, 5.74) is 4.52. The Kier molecular flexibility index (Phi) is 6.99. The van der Waals surface area contributed by atoms with E-state index in [1.807, 2.05) is 19.1 Å². The molecule has 1 heterocycles. The predicted octanol–water partition coefficient (Wildman–Crippen LogP) is 7.70. The van der Waals surface area contributed by atoms with Gasteiger partial charge in [0.1, 0.15) is 11.3 Å². The number of halogens is 1. The van der Waals surface area contributed by atoms with E-state index in [1.165, 1.54) is 5.56 Å². The zero-order valence-electron chi connectivity index (χ0n) is 19.0. The molecular weight excluding hydrogens is 436 g/mol. The van der Waals surface area contributed by atoms with E-state index in [-0.39, 0.29) is 5.91 Å². The Labute approximate surface area is 198 Å². The van der Waals surface area contributed by atoms with Gasteiger partial charge < -0.3 is 14.5 Å². The third-order valence-electron chi connectivity index (χ3n) is 5.64. The number of carbonyl (C=O) groups excluding carboxylic acids is 1. The zero-order chi connectivity index (χ0) is 23.4. The highest BCUT2D eigenvalue weighted by atomic mass is 35.5. The van der Waals surface area contributed by atoms with Crippen LogP contribution in [0.2, 0.25) is 5.02 Å². The number of nitrogens with one attached hydrogen (secondary N) is 1. The Morgan fingerprint density at radius 1 is 1.09 bits per heavy atom. The number of oxazole rings is 1. The number of nitrogens with zero attached hydrogens (tertiary/aromatic N) is 1. The fourth-order valence-corrected chi connectivity index (χ4v) is 3.65. The first-order valence-corrected chi connectivity index (χ1v) is 11.6. The molecule has 170 valence electrons. The van der Waals surface area contributed by atoms with Gasteiger partial charge in [-0.05, 0) is 78.9 Å². The second-order valence-electron chi connectivity index (χ2n) is 8.08. The van der Waals surface area contributed by atoms with Crippen molar-refractivity contribution < 1.29 is 13.9 Å². The molecule has 0 aliphatic rings. The smallest absolute Gasteiger partial charge is 0.255 e. The molecule has 0 aliphatic carbocycles. The number of ether oxygens (including phenoxy) is 1. The van der Waals surface area contributed by atoms with Crippen molar-refractivity contribution in [2.75, 3.05) is 11.9 Å². The largest absolute Gasteiger partial charge is 0.494 e. The lowest BCUT2D eigenvalue weighted by Gasteiger charge is -2.09. The van der Waals surface area contributed by atoms with E-state index in [0.29, 0.717) is 34.7 Å². The van der Waals surface area contributed by atoms with Gasteiger partial charge in [0.05, 0.1) is 17.3 Å². The molecule has 0 aliphatic heterocycles. The molecular formula is C27H27ClN2O3. The number of rotatable bonds is 8. The second-order valence-corrected chi connectivity index (χ2v) is 8.48. The quantitative estimate of drug-likeness (QED) is 0.291. The van der Waals surface area contributed by atoms with Crippen LogP contribution in [0.25, 0.3) is 22.6 Å². The number of hydrogen-bond donors (Lipinski definition) is 1. The summed E-state index contributed by atoms with van der Waals surface area (Å²) in [6.45, 7) is 7.05. The Bertz CT molecular complexity index is 1260. The van der Waals surface area contributed by atoms with Gasteiger partial charge in [0.15, 0.2) is 5.58 Å². The normalized spacial score (nSPS) is 12.0. The number of anilines is 1. The molecule has 0 radical (unpaired) electrons. The molecule has 1 atom stereocenters. The average Bonchev–Trinajstić information content (AvgIpc) is 3.27. The molecule has 3 aromatic carbocycles. The summed E-state index contributed by atoms with van der Waals surface area (Å²) < 4.78 is 11.5. The van der Waals surface area contributed by atoms with Gasteiger partial charge in [-0.1, -0.05) is 38.4 Å². The van der Waals surface area contributed by atoms with Crippen LogP contribution in [0.1, 0.15) is 55.5 Å². The van der Waals surface area contributed by atoms with E-state index >= 15 is 0 Å². The number of aromatic nitrogens is 1. The Balaban J connectivity index is 1.56. The van der Waals surface area contributed by atoms with E-state index in [0.717, 1.165) is 35.3 Å². The van der Waals surface area contributed by atoms with Crippen LogP contribution in [0, 0.1) is 0 Å². The van der Waals surface area contributed by atoms with Gasteiger partial charge in [0.25, 0.3) is 5.91 Å². The molecule has 4 aromatic rings. The summed E-state index contributed by atoms with van der Waals surface area (Å²) in [5, 5.41) is 3.32. The maximum Gasteiger partial charge on any atom is 0.255 e. The van der Waals surface area contributed by atoms with Crippen LogP contribution in [-0.2, 0) is 0 Å². The van der Waals surface area contributed by atoms with Crippen LogP contribution in [0.4, 0.5) is 5.69 Å². The fraction of sp³-hybridized carbons (Fsp3) is 0.259. The first-order chi connectivity index (χ1) is 16.0. The van der Waals surface area contributed by atoms with Gasteiger partial charge in [0, 0.05) is 11.1 Å². The zero-order valence-corrected chi connectivity index (χ0v) is 19.8. The lowest BCUT2D eigenvalue weighted by atomic mass is 9.98. The summed E-state index contributed by atoms with van der Waals surface area (Å²) in [5.74, 6) is 1.42. The minimum Gasteiger partial charge on any atom is -0.494 e.